The fraction of sp³-hybridized carbons (Fsp3) is 0.846. The van der Waals surface area contributed by atoms with E-state index in [1.807, 2.05) is 0 Å². The molecular formula is C13H23N3O4. The number of carbonyl (C=O) groups excluding carboxylic acids is 1. The average Bonchev–Trinajstić information content (AvgIpc) is 2.81. The first-order valence-corrected chi connectivity index (χ1v) is 7.21. The van der Waals surface area contributed by atoms with Crippen molar-refractivity contribution in [3.05, 3.63) is 0 Å². The van der Waals surface area contributed by atoms with Crippen LogP contribution in [-0.4, -0.2) is 76.4 Å². The third kappa shape index (κ3) is 3.40. The van der Waals surface area contributed by atoms with Crippen molar-refractivity contribution in [1.82, 2.24) is 15.1 Å². The van der Waals surface area contributed by atoms with Crippen molar-refractivity contribution in [1.29, 1.82) is 0 Å². The van der Waals surface area contributed by atoms with E-state index >= 15 is 0 Å². The van der Waals surface area contributed by atoms with Gasteiger partial charge in [-0.25, -0.2) is 9.59 Å². The largest absolute Gasteiger partial charge is 0.480 e. The van der Waals surface area contributed by atoms with Crippen LogP contribution in [0.15, 0.2) is 0 Å². The summed E-state index contributed by atoms with van der Waals surface area (Å²) in [5, 5.41) is 21.6. The molecule has 2 fully saturated rings. The molecule has 3 unspecified atom stereocenters. The van der Waals surface area contributed by atoms with Crippen molar-refractivity contribution in [2.24, 2.45) is 0 Å². The zero-order chi connectivity index (χ0) is 14.7. The first-order valence-electron chi connectivity index (χ1n) is 7.21. The van der Waals surface area contributed by atoms with Gasteiger partial charge in [-0.15, -0.1) is 0 Å². The van der Waals surface area contributed by atoms with E-state index in [0.29, 0.717) is 0 Å². The molecule has 2 aliphatic heterocycles. The van der Waals surface area contributed by atoms with Crippen LogP contribution in [0.5, 0.6) is 0 Å². The first kappa shape index (κ1) is 15.1. The molecule has 0 radical (unpaired) electrons. The highest BCUT2D eigenvalue weighted by atomic mass is 16.4. The van der Waals surface area contributed by atoms with Gasteiger partial charge in [0.05, 0.1) is 6.10 Å². The van der Waals surface area contributed by atoms with Gasteiger partial charge in [-0.2, -0.15) is 0 Å². The van der Waals surface area contributed by atoms with Gasteiger partial charge in [0.25, 0.3) is 0 Å². The molecule has 3 N–H and O–H groups in total. The van der Waals surface area contributed by atoms with Crippen LogP contribution in [0.25, 0.3) is 0 Å². The summed E-state index contributed by atoms with van der Waals surface area (Å²) in [6.07, 6.45) is 1.30. The van der Waals surface area contributed by atoms with Gasteiger partial charge >= 0.3 is 12.0 Å². The number of likely N-dealkylation sites (tertiary alicyclic amines) is 2. The zero-order valence-corrected chi connectivity index (χ0v) is 11.8. The summed E-state index contributed by atoms with van der Waals surface area (Å²) >= 11 is 0. The maximum atomic E-state index is 12.2. The molecule has 2 aliphatic rings. The quantitative estimate of drug-likeness (QED) is 0.662. The Morgan fingerprint density at radius 2 is 2.10 bits per heavy atom. The van der Waals surface area contributed by atoms with Crippen LogP contribution in [-0.2, 0) is 4.79 Å². The van der Waals surface area contributed by atoms with E-state index < -0.39 is 18.1 Å². The molecule has 3 atom stereocenters. The number of amides is 2. The molecule has 0 aromatic carbocycles. The number of carboxylic acids is 1. The molecule has 2 amide bonds. The van der Waals surface area contributed by atoms with Crippen LogP contribution in [0.3, 0.4) is 0 Å². The Bertz CT molecular complexity index is 377. The lowest BCUT2D eigenvalue weighted by atomic mass is 10.1. The molecule has 2 heterocycles. The van der Waals surface area contributed by atoms with E-state index in [-0.39, 0.29) is 25.0 Å². The Morgan fingerprint density at radius 3 is 2.75 bits per heavy atom. The second kappa shape index (κ2) is 6.41. The molecule has 0 aliphatic carbocycles. The summed E-state index contributed by atoms with van der Waals surface area (Å²) in [7, 11) is 0. The van der Waals surface area contributed by atoms with E-state index in [0.717, 1.165) is 32.5 Å². The van der Waals surface area contributed by atoms with Crippen molar-refractivity contribution < 1.29 is 19.8 Å². The zero-order valence-electron chi connectivity index (χ0n) is 11.8. The lowest BCUT2D eigenvalue weighted by molar-refractivity contribution is -0.141. The molecule has 7 nitrogen and oxygen atoms in total. The van der Waals surface area contributed by atoms with Crippen LogP contribution in [0.2, 0.25) is 0 Å². The molecule has 2 saturated heterocycles. The summed E-state index contributed by atoms with van der Waals surface area (Å²) in [6.45, 7) is 4.97. The number of urea groups is 1. The summed E-state index contributed by atoms with van der Waals surface area (Å²) in [4.78, 5) is 26.8. The Labute approximate surface area is 118 Å². The number of hydrogen-bond acceptors (Lipinski definition) is 4. The summed E-state index contributed by atoms with van der Waals surface area (Å²) in [5.41, 5.74) is 0. The summed E-state index contributed by atoms with van der Waals surface area (Å²) < 4.78 is 0. The number of likely N-dealkylation sites (N-methyl/N-ethyl adjacent to an activating group) is 1. The number of nitrogens with one attached hydrogen (secondary N) is 1. The van der Waals surface area contributed by atoms with Crippen LogP contribution in [0.4, 0.5) is 4.79 Å². The predicted octanol–water partition coefficient (Wildman–Crippen LogP) is -0.300. The predicted molar refractivity (Wildman–Crippen MR) is 72.4 cm³/mol. The van der Waals surface area contributed by atoms with Crippen molar-refractivity contribution in [3.8, 4) is 0 Å². The van der Waals surface area contributed by atoms with Gasteiger partial charge < -0.3 is 25.3 Å². The van der Waals surface area contributed by atoms with Crippen LogP contribution in [0, 0.1) is 0 Å². The smallest absolute Gasteiger partial charge is 0.326 e. The fourth-order valence-electron chi connectivity index (χ4n) is 2.99. The highest BCUT2D eigenvalue weighted by molar-refractivity contribution is 5.83. The minimum atomic E-state index is -1.06. The van der Waals surface area contributed by atoms with Gasteiger partial charge in [0.2, 0.25) is 0 Å². The third-order valence-corrected chi connectivity index (χ3v) is 4.11. The normalized spacial score (nSPS) is 31.3. The first-order chi connectivity index (χ1) is 9.51. The molecule has 0 aromatic heterocycles. The van der Waals surface area contributed by atoms with Gasteiger partial charge in [-0.3, -0.25) is 0 Å². The van der Waals surface area contributed by atoms with Gasteiger partial charge in [-0.05, 0) is 25.9 Å². The Kier molecular flexibility index (Phi) is 4.82. The molecule has 0 saturated carbocycles. The van der Waals surface area contributed by atoms with E-state index in [4.69, 9.17) is 5.11 Å². The van der Waals surface area contributed by atoms with E-state index in [9.17, 15) is 14.7 Å². The number of hydrogen-bond donors (Lipinski definition) is 3. The summed E-state index contributed by atoms with van der Waals surface area (Å²) in [6, 6.07) is -1.24. The summed E-state index contributed by atoms with van der Waals surface area (Å²) in [5.74, 6) is -1.06. The number of aliphatic hydroxyl groups is 1. The van der Waals surface area contributed by atoms with E-state index in [1.54, 1.807) is 0 Å². The molecule has 2 rings (SSSR count). The number of nitrogens with zero attached hydrogens (tertiary/aromatic N) is 2. The number of β-amino-alcohol motifs (C(OH)–C–C–N with tert-alkyl or cyclic N) is 1. The number of carboxylic acid groups (broad SMARTS) is 1. The average molecular weight is 285 g/mol. The van der Waals surface area contributed by atoms with Gasteiger partial charge in [0.15, 0.2) is 0 Å². The maximum absolute atomic E-state index is 12.2. The monoisotopic (exact) mass is 285 g/mol. The van der Waals surface area contributed by atoms with E-state index in [1.165, 1.54) is 4.90 Å². The highest BCUT2D eigenvalue weighted by Crippen LogP contribution is 2.19. The maximum Gasteiger partial charge on any atom is 0.326 e. The molecule has 0 aromatic rings. The second-order valence-corrected chi connectivity index (χ2v) is 5.58. The van der Waals surface area contributed by atoms with Crippen molar-refractivity contribution >= 4 is 12.0 Å². The minimum absolute atomic E-state index is 0.0587. The van der Waals surface area contributed by atoms with Crippen molar-refractivity contribution in [3.63, 3.8) is 0 Å². The number of carbonyl (C=O) groups is 2. The van der Waals surface area contributed by atoms with Crippen LogP contribution in [0.1, 0.15) is 26.2 Å². The van der Waals surface area contributed by atoms with Gasteiger partial charge in [0, 0.05) is 25.6 Å². The molecule has 7 heteroatoms. The SMILES string of the molecule is CCN1CCCC(NC(=O)N2CC(O)CC2C(=O)O)C1. The Balaban J connectivity index is 1.92. The Morgan fingerprint density at radius 1 is 1.35 bits per heavy atom. The minimum Gasteiger partial charge on any atom is -0.480 e. The number of aliphatic hydroxyl groups excluding tert-OH is 1. The van der Waals surface area contributed by atoms with Crippen molar-refractivity contribution in [2.45, 2.75) is 44.4 Å². The van der Waals surface area contributed by atoms with Crippen LogP contribution < -0.4 is 5.32 Å². The topological polar surface area (TPSA) is 93.1 Å². The molecular weight excluding hydrogens is 262 g/mol. The molecule has 0 bridgehead atoms. The van der Waals surface area contributed by atoms with Crippen LogP contribution >= 0.6 is 0 Å². The number of piperidine rings is 1. The lowest BCUT2D eigenvalue weighted by Crippen LogP contribution is -2.53. The standard InChI is InChI=1S/C13H23N3O4/c1-2-15-5-3-4-9(7-15)14-13(20)16-8-10(17)6-11(16)12(18)19/h9-11,17H,2-8H2,1H3,(H,14,20)(H,18,19). The molecule has 114 valence electrons. The van der Waals surface area contributed by atoms with E-state index in [2.05, 4.69) is 17.1 Å². The van der Waals surface area contributed by atoms with Crippen molar-refractivity contribution in [2.75, 3.05) is 26.2 Å². The number of rotatable bonds is 3. The molecule has 0 spiro atoms. The third-order valence-electron chi connectivity index (χ3n) is 4.11. The fourth-order valence-corrected chi connectivity index (χ4v) is 2.99. The van der Waals surface area contributed by atoms with Gasteiger partial charge in [0.1, 0.15) is 6.04 Å². The Hall–Kier alpha value is -1.34. The lowest BCUT2D eigenvalue weighted by Gasteiger charge is -2.33. The number of aliphatic carboxylic acids is 1. The molecule has 20 heavy (non-hydrogen) atoms. The van der Waals surface area contributed by atoms with Gasteiger partial charge in [-0.1, -0.05) is 6.92 Å². The second-order valence-electron chi connectivity index (χ2n) is 5.58. The highest BCUT2D eigenvalue weighted by Gasteiger charge is 2.39.